The fourth-order valence-corrected chi connectivity index (χ4v) is 8.74. The van der Waals surface area contributed by atoms with Crippen molar-refractivity contribution in [3.05, 3.63) is 177 Å². The van der Waals surface area contributed by atoms with Gasteiger partial charge in [0.1, 0.15) is 33.8 Å². The fraction of sp³-hybridized carbons (Fsp3) is 0.300. The number of rotatable bonds is 17. The van der Waals surface area contributed by atoms with Crippen molar-refractivity contribution >= 4 is 29.4 Å². The van der Waals surface area contributed by atoms with Gasteiger partial charge in [-0.3, -0.25) is 4.79 Å². The molecule has 1 aliphatic rings. The van der Waals surface area contributed by atoms with Crippen molar-refractivity contribution in [3.8, 4) is 11.1 Å². The second kappa shape index (κ2) is 20.0. The number of benzene rings is 5. The number of fused-ring (bicyclic) bond motifs is 3. The van der Waals surface area contributed by atoms with Crippen LogP contribution in [0.4, 0.5) is 9.59 Å². The van der Waals surface area contributed by atoms with E-state index in [0.29, 0.717) is 16.6 Å². The van der Waals surface area contributed by atoms with E-state index in [9.17, 15) is 14.4 Å². The molecule has 1 aromatic heterocycles. The van der Waals surface area contributed by atoms with E-state index in [1.54, 1.807) is 20.8 Å². The van der Waals surface area contributed by atoms with Crippen LogP contribution < -0.4 is 16.0 Å². The van der Waals surface area contributed by atoms with Crippen LogP contribution >= 0.6 is 11.3 Å². The van der Waals surface area contributed by atoms with E-state index in [1.165, 1.54) is 11.3 Å². The van der Waals surface area contributed by atoms with Gasteiger partial charge in [0.05, 0.1) is 19.1 Å². The van der Waals surface area contributed by atoms with E-state index >= 15 is 0 Å². The molecule has 5 aromatic carbocycles. The lowest BCUT2D eigenvalue weighted by molar-refractivity contribution is -0.122. The highest BCUT2D eigenvalue weighted by molar-refractivity contribution is 7.11. The van der Waals surface area contributed by atoms with Gasteiger partial charge >= 0.3 is 12.2 Å². The maximum absolute atomic E-state index is 14.8. The molecule has 1 aliphatic carbocycles. The zero-order valence-electron chi connectivity index (χ0n) is 35.5. The fourth-order valence-electron chi connectivity index (χ4n) is 7.81. The average molecular weight is 852 g/mol. The third kappa shape index (κ3) is 10.4. The van der Waals surface area contributed by atoms with Gasteiger partial charge in [0.25, 0.3) is 0 Å². The summed E-state index contributed by atoms with van der Waals surface area (Å²) in [6.45, 7) is 8.12. The van der Waals surface area contributed by atoms with Gasteiger partial charge in [-0.2, -0.15) is 0 Å². The zero-order chi connectivity index (χ0) is 43.5. The molecule has 1 heterocycles. The highest BCUT2D eigenvalue weighted by Gasteiger charge is 2.39. The van der Waals surface area contributed by atoms with E-state index in [2.05, 4.69) is 57.3 Å². The van der Waals surface area contributed by atoms with Gasteiger partial charge in [-0.15, -0.1) is 10.2 Å². The topological polar surface area (TPSA) is 141 Å². The van der Waals surface area contributed by atoms with Gasteiger partial charge in [-0.05, 0) is 66.1 Å². The highest BCUT2D eigenvalue weighted by atomic mass is 32.1. The Morgan fingerprint density at radius 2 is 1.15 bits per heavy atom. The monoisotopic (exact) mass is 851 g/mol. The minimum atomic E-state index is -1.10. The van der Waals surface area contributed by atoms with E-state index < -0.39 is 35.4 Å². The number of hydrogen-bond donors (Lipinski definition) is 3. The van der Waals surface area contributed by atoms with Crippen molar-refractivity contribution in [1.29, 1.82) is 0 Å². The molecule has 0 aliphatic heterocycles. The molecule has 0 fully saturated rings. The first-order chi connectivity index (χ1) is 30.1. The van der Waals surface area contributed by atoms with E-state index in [4.69, 9.17) is 14.2 Å². The molecule has 2 atom stereocenters. The average Bonchev–Trinajstić information content (AvgIpc) is 3.90. The molecule has 7 rings (SSSR count). The lowest BCUT2D eigenvalue weighted by Gasteiger charge is -2.37. The van der Waals surface area contributed by atoms with Crippen LogP contribution in [0, 0.1) is 0 Å². The highest BCUT2D eigenvalue weighted by Crippen LogP contribution is 2.44. The lowest BCUT2D eigenvalue weighted by Crippen LogP contribution is -2.48. The molecule has 320 valence electrons. The Morgan fingerprint density at radius 1 is 0.661 bits per heavy atom. The molecule has 62 heavy (non-hydrogen) atoms. The predicted molar refractivity (Wildman–Crippen MR) is 241 cm³/mol. The van der Waals surface area contributed by atoms with Crippen molar-refractivity contribution in [2.75, 3.05) is 19.8 Å². The molecule has 0 radical (unpaired) electrons. The molecule has 6 aromatic rings. The van der Waals surface area contributed by atoms with Crippen LogP contribution in [-0.4, -0.2) is 53.7 Å². The van der Waals surface area contributed by atoms with Gasteiger partial charge in [0, 0.05) is 12.5 Å². The summed E-state index contributed by atoms with van der Waals surface area (Å²) in [6.07, 6.45) is 0.222. The van der Waals surface area contributed by atoms with Crippen molar-refractivity contribution in [3.63, 3.8) is 0 Å². The van der Waals surface area contributed by atoms with Crippen LogP contribution in [-0.2, 0) is 24.5 Å². The first kappa shape index (κ1) is 43.7. The summed E-state index contributed by atoms with van der Waals surface area (Å²) < 4.78 is 17.5. The smallest absolute Gasteiger partial charge is 0.408 e. The maximum Gasteiger partial charge on any atom is 0.408 e. The zero-order valence-corrected chi connectivity index (χ0v) is 36.3. The summed E-state index contributed by atoms with van der Waals surface area (Å²) in [5.41, 5.74) is 5.10. The predicted octanol–water partition coefficient (Wildman–Crippen LogP) is 10.00. The molecule has 12 heteroatoms. The molecule has 3 amide bonds. The number of alkyl carbamates (subject to hydrolysis) is 2. The molecule has 0 unspecified atom stereocenters. The molecule has 11 nitrogen and oxygen atoms in total. The number of carbonyl (C=O) groups excluding carboxylic acids is 3. The van der Waals surface area contributed by atoms with Crippen LogP contribution in [0.5, 0.6) is 0 Å². The molecule has 0 bridgehead atoms. The van der Waals surface area contributed by atoms with Crippen LogP contribution in [0.3, 0.4) is 0 Å². The Labute approximate surface area is 367 Å². The SMILES string of the molecule is CCCCOC[C@H](NC(=O)OC(C)(C)C)c1nnc([C@H](CC(=O)NC(c2ccccc2)(c2ccccc2)c2ccccc2)NC(=O)OCC2c3ccccc3-c3ccccc32)s1. The summed E-state index contributed by atoms with van der Waals surface area (Å²) in [5.74, 6) is -0.535. The second-order valence-electron chi connectivity index (χ2n) is 16.2. The van der Waals surface area contributed by atoms with Gasteiger partial charge in [0.2, 0.25) is 5.91 Å². The van der Waals surface area contributed by atoms with Gasteiger partial charge < -0.3 is 30.2 Å². The van der Waals surface area contributed by atoms with Gasteiger partial charge in [-0.1, -0.05) is 164 Å². The van der Waals surface area contributed by atoms with E-state index in [0.717, 1.165) is 51.8 Å². The number of unbranched alkanes of at least 4 members (excludes halogenated alkanes) is 1. The summed E-state index contributed by atoms with van der Waals surface area (Å²) in [5, 5.41) is 19.0. The third-order valence-electron chi connectivity index (χ3n) is 10.6. The minimum absolute atomic E-state index is 0.0796. The molecule has 0 spiro atoms. The summed E-state index contributed by atoms with van der Waals surface area (Å²) in [7, 11) is 0. The molecular formula is C50H53N5O6S. The summed E-state index contributed by atoms with van der Waals surface area (Å²) in [6, 6.07) is 44.0. The number of ether oxygens (including phenoxy) is 3. The van der Waals surface area contributed by atoms with Crippen molar-refractivity contribution in [1.82, 2.24) is 26.1 Å². The number of carbonyl (C=O) groups is 3. The summed E-state index contributed by atoms with van der Waals surface area (Å²) >= 11 is 1.17. The largest absolute Gasteiger partial charge is 0.449 e. The van der Waals surface area contributed by atoms with Crippen molar-refractivity contribution in [2.45, 2.75) is 76.1 Å². The molecule has 0 saturated heterocycles. The maximum atomic E-state index is 14.8. The molecule has 3 N–H and O–H groups in total. The standard InChI is InChI=1S/C50H53N5O6S/c1-5-6-30-59-33-43(52-48(58)61-49(2,3)4)46-55-54-45(62-46)42(51-47(57)60-32-41-39-28-18-16-26-37(39)38-27-17-19-29-40(38)41)31-44(56)53-50(34-20-10-7-11-21-34,35-22-12-8-13-23-35)36-24-14-9-15-25-36/h7-29,41-43H,5-6,30-33H2,1-4H3,(H,51,57)(H,52,58)(H,53,56)/t42-,43-/m0/s1. The van der Waals surface area contributed by atoms with Crippen LogP contribution in [0.15, 0.2) is 140 Å². The normalized spacial score (nSPS) is 13.3. The first-order valence-corrected chi connectivity index (χ1v) is 21.9. The lowest BCUT2D eigenvalue weighted by atomic mass is 9.77. The van der Waals surface area contributed by atoms with Crippen molar-refractivity contribution in [2.24, 2.45) is 0 Å². The van der Waals surface area contributed by atoms with E-state index in [-0.39, 0.29) is 31.5 Å². The Balaban J connectivity index is 1.20. The van der Waals surface area contributed by atoms with Crippen LogP contribution in [0.1, 0.15) is 103 Å². The number of nitrogens with zero attached hydrogens (tertiary/aromatic N) is 2. The Hall–Kier alpha value is -6.37. The second-order valence-corrected chi connectivity index (χ2v) is 17.3. The van der Waals surface area contributed by atoms with Crippen LogP contribution in [0.25, 0.3) is 11.1 Å². The van der Waals surface area contributed by atoms with Crippen LogP contribution in [0.2, 0.25) is 0 Å². The number of aromatic nitrogens is 2. The Morgan fingerprint density at radius 3 is 1.66 bits per heavy atom. The third-order valence-corrected chi connectivity index (χ3v) is 11.8. The quantitative estimate of drug-likeness (QED) is 0.0609. The Kier molecular flexibility index (Phi) is 14.1. The minimum Gasteiger partial charge on any atom is -0.449 e. The number of hydrogen-bond acceptors (Lipinski definition) is 9. The van der Waals surface area contributed by atoms with E-state index in [1.807, 2.05) is 115 Å². The number of amides is 3. The van der Waals surface area contributed by atoms with Gasteiger partial charge in [0.15, 0.2) is 0 Å². The number of nitrogens with one attached hydrogen (secondary N) is 3. The molecular weight excluding hydrogens is 799 g/mol. The van der Waals surface area contributed by atoms with Gasteiger partial charge in [-0.25, -0.2) is 9.59 Å². The summed E-state index contributed by atoms with van der Waals surface area (Å²) in [4.78, 5) is 41.7. The molecule has 0 saturated carbocycles. The van der Waals surface area contributed by atoms with Crippen molar-refractivity contribution < 1.29 is 28.6 Å². The Bertz CT molecular complexity index is 2280. The first-order valence-electron chi connectivity index (χ1n) is 21.1.